The molecule has 0 aliphatic heterocycles. The molecule has 0 fully saturated rings. The van der Waals surface area contributed by atoms with Crippen molar-refractivity contribution in [3.63, 3.8) is 0 Å². The van der Waals surface area contributed by atoms with Crippen LogP contribution >= 0.6 is 35.0 Å². The molecule has 0 radical (unpaired) electrons. The van der Waals surface area contributed by atoms with Crippen LogP contribution in [0, 0.1) is 0 Å². The molecule has 2 nitrogen and oxygen atoms in total. The van der Waals surface area contributed by atoms with Gasteiger partial charge in [-0.15, -0.1) is 11.8 Å². The number of fused-ring (bicyclic) bond motifs is 1. The Hall–Kier alpha value is -2.41. The molecule has 0 saturated heterocycles. The normalized spacial score (nSPS) is 11.8. The van der Waals surface area contributed by atoms with Crippen molar-refractivity contribution in [3.8, 4) is 0 Å². The fourth-order valence-corrected chi connectivity index (χ4v) is 4.39. The van der Waals surface area contributed by atoms with Crippen LogP contribution < -0.4 is 0 Å². The van der Waals surface area contributed by atoms with Gasteiger partial charge in [0.05, 0.1) is 15.6 Å². The average molecular weight is 481 g/mol. The van der Waals surface area contributed by atoms with Crippen molar-refractivity contribution >= 4 is 51.7 Å². The number of ketones is 1. The maximum Gasteiger partial charge on any atom is 0.416 e. The molecule has 0 atom stereocenters. The summed E-state index contributed by atoms with van der Waals surface area (Å²) >= 11 is 13.2. The van der Waals surface area contributed by atoms with E-state index in [1.807, 2.05) is 12.1 Å². The Morgan fingerprint density at radius 2 is 1.71 bits per heavy atom. The van der Waals surface area contributed by atoms with Gasteiger partial charge in [-0.1, -0.05) is 47.5 Å². The van der Waals surface area contributed by atoms with Crippen LogP contribution in [0.5, 0.6) is 0 Å². The third-order valence-corrected chi connectivity index (χ3v) is 6.39. The zero-order valence-corrected chi connectivity index (χ0v) is 18.0. The van der Waals surface area contributed by atoms with E-state index in [0.717, 1.165) is 17.5 Å². The van der Waals surface area contributed by atoms with Crippen molar-refractivity contribution in [2.45, 2.75) is 16.8 Å². The van der Waals surface area contributed by atoms with E-state index in [0.29, 0.717) is 26.6 Å². The number of carbonyl (C=O) groups is 1. The first kappa shape index (κ1) is 21.8. The standard InChI is InChI=1S/C23H13Cl2F3O2S/c24-18-9-8-13(10-19(18)25)21(29)22-17(16-6-1-2-7-20(16)30-22)12-31-15-5-3-4-14(11-15)23(26,27)28/h1-11H,12H2. The zero-order valence-electron chi connectivity index (χ0n) is 15.7. The van der Waals surface area contributed by atoms with Gasteiger partial charge in [-0.2, -0.15) is 13.2 Å². The van der Waals surface area contributed by atoms with E-state index in [1.54, 1.807) is 24.3 Å². The molecule has 31 heavy (non-hydrogen) atoms. The third kappa shape index (κ3) is 4.61. The molecule has 0 amide bonds. The van der Waals surface area contributed by atoms with Crippen molar-refractivity contribution in [1.82, 2.24) is 0 Å². The lowest BCUT2D eigenvalue weighted by molar-refractivity contribution is -0.137. The first-order chi connectivity index (χ1) is 14.7. The van der Waals surface area contributed by atoms with Gasteiger partial charge < -0.3 is 4.42 Å². The number of hydrogen-bond acceptors (Lipinski definition) is 3. The summed E-state index contributed by atoms with van der Waals surface area (Å²) in [5.41, 5.74) is 0.708. The molecule has 1 heterocycles. The SMILES string of the molecule is O=C(c1ccc(Cl)c(Cl)c1)c1oc2ccccc2c1CSc1cccc(C(F)(F)F)c1. The van der Waals surface area contributed by atoms with Crippen LogP contribution in [-0.4, -0.2) is 5.78 Å². The van der Waals surface area contributed by atoms with Gasteiger partial charge in [0.1, 0.15) is 5.58 Å². The number of rotatable bonds is 5. The molecule has 3 aromatic carbocycles. The molecular formula is C23H13Cl2F3O2S. The van der Waals surface area contributed by atoms with Crippen molar-refractivity contribution in [2.24, 2.45) is 0 Å². The van der Waals surface area contributed by atoms with E-state index < -0.39 is 11.7 Å². The lowest BCUT2D eigenvalue weighted by atomic mass is 10.0. The largest absolute Gasteiger partial charge is 0.452 e. The van der Waals surface area contributed by atoms with Crippen molar-refractivity contribution in [2.75, 3.05) is 0 Å². The summed E-state index contributed by atoms with van der Waals surface area (Å²) in [6.07, 6.45) is -4.42. The quantitative estimate of drug-likeness (QED) is 0.212. The van der Waals surface area contributed by atoms with Crippen molar-refractivity contribution < 1.29 is 22.4 Å². The summed E-state index contributed by atoms with van der Waals surface area (Å²) < 4.78 is 44.9. The molecule has 0 bridgehead atoms. The smallest absolute Gasteiger partial charge is 0.416 e. The molecule has 0 saturated carbocycles. The van der Waals surface area contributed by atoms with Crippen LogP contribution in [0.15, 0.2) is 76.0 Å². The number of alkyl halides is 3. The average Bonchev–Trinajstić information content (AvgIpc) is 3.12. The molecule has 1 aromatic heterocycles. The van der Waals surface area contributed by atoms with Crippen LogP contribution in [-0.2, 0) is 11.9 Å². The highest BCUT2D eigenvalue weighted by Gasteiger charge is 2.30. The predicted molar refractivity (Wildman–Crippen MR) is 117 cm³/mol. The highest BCUT2D eigenvalue weighted by molar-refractivity contribution is 7.98. The Kier molecular flexibility index (Phi) is 6.06. The van der Waals surface area contributed by atoms with Crippen LogP contribution in [0.25, 0.3) is 11.0 Å². The molecular weight excluding hydrogens is 468 g/mol. The molecule has 8 heteroatoms. The number of hydrogen-bond donors (Lipinski definition) is 0. The minimum Gasteiger partial charge on any atom is -0.452 e. The minimum absolute atomic E-state index is 0.124. The Morgan fingerprint density at radius 1 is 0.935 bits per heavy atom. The number of halogens is 5. The predicted octanol–water partition coefficient (Wildman–Crippen LogP) is 8.28. The molecule has 0 N–H and O–H groups in total. The first-order valence-electron chi connectivity index (χ1n) is 9.04. The molecule has 0 aliphatic carbocycles. The molecule has 158 valence electrons. The topological polar surface area (TPSA) is 30.2 Å². The highest BCUT2D eigenvalue weighted by Crippen LogP contribution is 2.36. The van der Waals surface area contributed by atoms with Crippen LogP contribution in [0.1, 0.15) is 27.2 Å². The van der Waals surface area contributed by atoms with Gasteiger partial charge in [0.2, 0.25) is 5.78 Å². The van der Waals surface area contributed by atoms with Gasteiger partial charge in [-0.25, -0.2) is 0 Å². The molecule has 4 aromatic rings. The maximum atomic E-state index is 13.1. The fraction of sp³-hybridized carbons (Fsp3) is 0.0870. The summed E-state index contributed by atoms with van der Waals surface area (Å²) in [5, 5.41) is 1.29. The Bertz CT molecular complexity index is 1280. The molecule has 0 unspecified atom stereocenters. The van der Waals surface area contributed by atoms with Crippen LogP contribution in [0.4, 0.5) is 13.2 Å². The summed E-state index contributed by atoms with van der Waals surface area (Å²) in [6.45, 7) is 0. The van der Waals surface area contributed by atoms with E-state index >= 15 is 0 Å². The van der Waals surface area contributed by atoms with E-state index in [9.17, 15) is 18.0 Å². The second kappa shape index (κ2) is 8.61. The summed E-state index contributed by atoms with van der Waals surface area (Å²) in [4.78, 5) is 13.6. The van der Waals surface area contributed by atoms with Gasteiger partial charge in [0.15, 0.2) is 5.76 Å². The van der Waals surface area contributed by atoms with Gasteiger partial charge >= 0.3 is 6.18 Å². The van der Waals surface area contributed by atoms with Crippen molar-refractivity contribution in [1.29, 1.82) is 0 Å². The Labute approximate surface area is 190 Å². The number of thioether (sulfide) groups is 1. The van der Waals surface area contributed by atoms with Gasteiger partial charge in [-0.05, 0) is 42.5 Å². The fourth-order valence-electron chi connectivity index (χ4n) is 3.11. The second-order valence-corrected chi connectivity index (χ2v) is 8.54. The Balaban J connectivity index is 1.70. The summed E-state index contributed by atoms with van der Waals surface area (Å²) in [7, 11) is 0. The number of para-hydroxylation sites is 1. The summed E-state index contributed by atoms with van der Waals surface area (Å²) in [5.74, 6) is -0.00533. The van der Waals surface area contributed by atoms with E-state index in [1.165, 1.54) is 30.0 Å². The van der Waals surface area contributed by atoms with E-state index in [4.69, 9.17) is 27.6 Å². The molecule has 0 aliphatic rings. The lowest BCUT2D eigenvalue weighted by Gasteiger charge is -2.09. The summed E-state index contributed by atoms with van der Waals surface area (Å²) in [6, 6.07) is 16.7. The number of furan rings is 1. The number of benzene rings is 3. The minimum atomic E-state index is -4.42. The van der Waals surface area contributed by atoms with Crippen molar-refractivity contribution in [3.05, 3.63) is 99.2 Å². The molecule has 0 spiro atoms. The number of carbonyl (C=O) groups excluding carboxylic acids is 1. The van der Waals surface area contributed by atoms with Gasteiger partial charge in [0, 0.05) is 27.2 Å². The maximum absolute atomic E-state index is 13.1. The molecule has 4 rings (SSSR count). The third-order valence-electron chi connectivity index (χ3n) is 4.63. The van der Waals surface area contributed by atoms with Gasteiger partial charge in [0.25, 0.3) is 0 Å². The van der Waals surface area contributed by atoms with Crippen LogP contribution in [0.2, 0.25) is 10.0 Å². The Morgan fingerprint density at radius 3 is 2.45 bits per heavy atom. The van der Waals surface area contributed by atoms with E-state index in [-0.39, 0.29) is 22.3 Å². The first-order valence-corrected chi connectivity index (χ1v) is 10.8. The highest BCUT2D eigenvalue weighted by atomic mass is 35.5. The zero-order chi connectivity index (χ0) is 22.2. The second-order valence-electron chi connectivity index (χ2n) is 6.68. The van der Waals surface area contributed by atoms with Gasteiger partial charge in [-0.3, -0.25) is 4.79 Å². The monoisotopic (exact) mass is 480 g/mol. The van der Waals surface area contributed by atoms with E-state index in [2.05, 4.69) is 0 Å². The van der Waals surface area contributed by atoms with Crippen LogP contribution in [0.3, 0.4) is 0 Å². The lowest BCUT2D eigenvalue weighted by Crippen LogP contribution is -2.04.